The molecule has 2 rings (SSSR count). The van der Waals surface area contributed by atoms with Crippen LogP contribution in [0, 0.1) is 6.92 Å². The molecule has 0 saturated carbocycles. The van der Waals surface area contributed by atoms with Crippen LogP contribution in [-0.4, -0.2) is 24.4 Å². The van der Waals surface area contributed by atoms with Crippen LogP contribution in [0.3, 0.4) is 0 Å². The second-order valence-electron chi connectivity index (χ2n) is 5.53. The highest BCUT2D eigenvalue weighted by Crippen LogP contribution is 2.19. The van der Waals surface area contributed by atoms with Gasteiger partial charge in [0, 0.05) is 16.4 Å². The summed E-state index contributed by atoms with van der Waals surface area (Å²) in [6.07, 6.45) is -0.332. The second-order valence-corrected chi connectivity index (χ2v) is 5.97. The molecule has 2 aromatic carbocycles. The maximum atomic E-state index is 12.0. The van der Waals surface area contributed by atoms with E-state index < -0.39 is 17.8 Å². The highest BCUT2D eigenvalue weighted by atomic mass is 35.5. The Kier molecular flexibility index (Phi) is 6.74. The van der Waals surface area contributed by atoms with Crippen LogP contribution in [0.4, 0.5) is 11.4 Å². The lowest BCUT2D eigenvalue weighted by molar-refractivity contribution is -0.123. The Morgan fingerprint density at radius 1 is 1.00 bits per heavy atom. The van der Waals surface area contributed by atoms with Gasteiger partial charge in [0.15, 0.2) is 0 Å². The van der Waals surface area contributed by atoms with E-state index in [0.717, 1.165) is 5.56 Å². The van der Waals surface area contributed by atoms with E-state index in [-0.39, 0.29) is 6.42 Å². The number of aryl methyl sites for hydroxylation is 1. The number of rotatable bonds is 6. The molecule has 0 saturated heterocycles. The van der Waals surface area contributed by atoms with Crippen molar-refractivity contribution >= 4 is 40.8 Å². The first-order chi connectivity index (χ1) is 12.4. The molecule has 0 spiro atoms. The van der Waals surface area contributed by atoms with Crippen molar-refractivity contribution in [2.24, 2.45) is 0 Å². The van der Waals surface area contributed by atoms with E-state index in [2.05, 4.69) is 10.6 Å². The van der Waals surface area contributed by atoms with E-state index in [1.54, 1.807) is 49.4 Å². The van der Waals surface area contributed by atoms with E-state index in [1.165, 1.54) is 0 Å². The molecule has 2 aromatic rings. The third-order valence-corrected chi connectivity index (χ3v) is 3.70. The monoisotopic (exact) mass is 374 g/mol. The minimum atomic E-state index is -0.460. The Morgan fingerprint density at radius 3 is 2.27 bits per heavy atom. The van der Waals surface area contributed by atoms with Gasteiger partial charge in [0.05, 0.1) is 12.2 Å². The number of carbonyl (C=O) groups excluding carboxylic acids is 3. The van der Waals surface area contributed by atoms with Crippen LogP contribution in [0.15, 0.2) is 42.5 Å². The molecule has 136 valence electrons. The number of carbonyl (C=O) groups is 3. The molecule has 2 N–H and O–H groups in total. The van der Waals surface area contributed by atoms with Gasteiger partial charge in [-0.05, 0) is 61.9 Å². The van der Waals surface area contributed by atoms with Crippen LogP contribution in [0.1, 0.15) is 29.3 Å². The van der Waals surface area contributed by atoms with Crippen molar-refractivity contribution in [2.45, 2.75) is 20.3 Å². The quantitative estimate of drug-likeness (QED) is 0.595. The lowest BCUT2D eigenvalue weighted by Crippen LogP contribution is -2.21. The van der Waals surface area contributed by atoms with Gasteiger partial charge in [0.1, 0.15) is 6.42 Å². The van der Waals surface area contributed by atoms with E-state index >= 15 is 0 Å². The van der Waals surface area contributed by atoms with Crippen LogP contribution >= 0.6 is 11.6 Å². The number of ether oxygens (including phenoxy) is 1. The first kappa shape index (κ1) is 19.5. The summed E-state index contributed by atoms with van der Waals surface area (Å²) in [7, 11) is 0. The molecule has 0 atom stereocenters. The Hall–Kier alpha value is -2.86. The molecule has 0 aliphatic rings. The number of anilines is 2. The van der Waals surface area contributed by atoms with Gasteiger partial charge in [-0.2, -0.15) is 0 Å². The maximum Gasteiger partial charge on any atom is 0.338 e. The lowest BCUT2D eigenvalue weighted by Gasteiger charge is -2.09. The average molecular weight is 375 g/mol. The first-order valence-corrected chi connectivity index (χ1v) is 8.40. The Balaban J connectivity index is 1.89. The number of hydrogen-bond acceptors (Lipinski definition) is 4. The van der Waals surface area contributed by atoms with Gasteiger partial charge in [-0.15, -0.1) is 0 Å². The first-order valence-electron chi connectivity index (χ1n) is 8.02. The van der Waals surface area contributed by atoms with Crippen LogP contribution in [0.25, 0.3) is 0 Å². The highest BCUT2D eigenvalue weighted by molar-refractivity contribution is 6.30. The third kappa shape index (κ3) is 5.60. The Morgan fingerprint density at radius 2 is 1.65 bits per heavy atom. The standard InChI is InChI=1S/C19H19ClN2O4/c1-3-26-19(25)13-4-7-15(8-5-13)21-17(23)11-18(24)22-16-9-6-14(20)10-12(16)2/h4-10H,3,11H2,1-2H3,(H,21,23)(H,22,24). The fourth-order valence-corrected chi connectivity index (χ4v) is 2.44. The normalized spacial score (nSPS) is 10.1. The molecule has 0 aliphatic carbocycles. The smallest absolute Gasteiger partial charge is 0.338 e. The van der Waals surface area contributed by atoms with E-state index in [9.17, 15) is 14.4 Å². The molecule has 7 heteroatoms. The van der Waals surface area contributed by atoms with Gasteiger partial charge in [0.2, 0.25) is 11.8 Å². The van der Waals surface area contributed by atoms with Crippen LogP contribution in [0.5, 0.6) is 0 Å². The highest BCUT2D eigenvalue weighted by Gasteiger charge is 2.12. The van der Waals surface area contributed by atoms with Crippen molar-refractivity contribution in [1.82, 2.24) is 0 Å². The van der Waals surface area contributed by atoms with Crippen molar-refractivity contribution in [3.05, 3.63) is 58.6 Å². The fourth-order valence-electron chi connectivity index (χ4n) is 2.22. The number of halogens is 1. The summed E-state index contributed by atoms with van der Waals surface area (Å²) in [5.41, 5.74) is 2.28. The van der Waals surface area contributed by atoms with Crippen molar-refractivity contribution in [1.29, 1.82) is 0 Å². The number of hydrogen-bond donors (Lipinski definition) is 2. The molecule has 0 aromatic heterocycles. The van der Waals surface area contributed by atoms with Gasteiger partial charge in [0.25, 0.3) is 0 Å². The molecule has 0 fully saturated rings. The fraction of sp³-hybridized carbons (Fsp3) is 0.211. The average Bonchev–Trinajstić information content (AvgIpc) is 2.58. The molecule has 0 aliphatic heterocycles. The third-order valence-electron chi connectivity index (χ3n) is 3.46. The topological polar surface area (TPSA) is 84.5 Å². The Bertz CT molecular complexity index is 819. The molecule has 0 unspecified atom stereocenters. The van der Waals surface area contributed by atoms with Crippen molar-refractivity contribution in [2.75, 3.05) is 17.2 Å². The molecular weight excluding hydrogens is 356 g/mol. The van der Waals surface area contributed by atoms with Gasteiger partial charge in [-0.25, -0.2) is 4.79 Å². The number of amides is 2. The van der Waals surface area contributed by atoms with Crippen molar-refractivity contribution in [3.63, 3.8) is 0 Å². The zero-order valence-corrected chi connectivity index (χ0v) is 15.2. The predicted octanol–water partition coefficient (Wildman–Crippen LogP) is 3.79. The number of esters is 1. The largest absolute Gasteiger partial charge is 0.462 e. The maximum absolute atomic E-state index is 12.0. The summed E-state index contributed by atoms with van der Waals surface area (Å²) in [4.78, 5) is 35.6. The summed E-state index contributed by atoms with van der Waals surface area (Å²) in [6, 6.07) is 11.3. The minimum Gasteiger partial charge on any atom is -0.462 e. The summed E-state index contributed by atoms with van der Waals surface area (Å²) in [6.45, 7) is 3.83. The van der Waals surface area contributed by atoms with E-state index in [4.69, 9.17) is 16.3 Å². The summed E-state index contributed by atoms with van der Waals surface area (Å²) in [5.74, 6) is -1.32. The van der Waals surface area contributed by atoms with E-state index in [0.29, 0.717) is 28.6 Å². The zero-order valence-electron chi connectivity index (χ0n) is 14.5. The zero-order chi connectivity index (χ0) is 19.1. The Labute approximate surface area is 156 Å². The minimum absolute atomic E-state index is 0.291. The van der Waals surface area contributed by atoms with Crippen molar-refractivity contribution < 1.29 is 19.1 Å². The molecule has 0 heterocycles. The number of nitrogens with one attached hydrogen (secondary N) is 2. The summed E-state index contributed by atoms with van der Waals surface area (Å²) < 4.78 is 4.89. The van der Waals surface area contributed by atoms with E-state index in [1.807, 2.05) is 6.92 Å². The summed E-state index contributed by atoms with van der Waals surface area (Å²) in [5, 5.41) is 5.85. The van der Waals surface area contributed by atoms with Crippen LogP contribution in [-0.2, 0) is 14.3 Å². The second kappa shape index (κ2) is 9.01. The van der Waals surface area contributed by atoms with Crippen LogP contribution in [0.2, 0.25) is 5.02 Å². The number of benzene rings is 2. The van der Waals surface area contributed by atoms with Gasteiger partial charge < -0.3 is 15.4 Å². The molecule has 0 radical (unpaired) electrons. The predicted molar refractivity (Wildman–Crippen MR) is 100 cm³/mol. The van der Waals surface area contributed by atoms with Gasteiger partial charge in [-0.3, -0.25) is 9.59 Å². The summed E-state index contributed by atoms with van der Waals surface area (Å²) >= 11 is 5.87. The molecule has 26 heavy (non-hydrogen) atoms. The molecule has 2 amide bonds. The molecule has 0 bridgehead atoms. The molecular formula is C19H19ClN2O4. The van der Waals surface area contributed by atoms with Crippen LogP contribution < -0.4 is 10.6 Å². The van der Waals surface area contributed by atoms with Gasteiger partial charge >= 0.3 is 5.97 Å². The lowest BCUT2D eigenvalue weighted by atomic mass is 10.2. The van der Waals surface area contributed by atoms with Gasteiger partial charge in [-0.1, -0.05) is 11.6 Å². The molecule has 6 nitrogen and oxygen atoms in total. The van der Waals surface area contributed by atoms with Crippen molar-refractivity contribution in [3.8, 4) is 0 Å². The SMILES string of the molecule is CCOC(=O)c1ccc(NC(=O)CC(=O)Nc2ccc(Cl)cc2C)cc1.